The molecule has 0 aliphatic carbocycles. The van der Waals surface area contributed by atoms with Gasteiger partial charge in [0.25, 0.3) is 0 Å². The summed E-state index contributed by atoms with van der Waals surface area (Å²) in [6, 6.07) is 5.12. The normalized spacial score (nSPS) is 17.5. The van der Waals surface area contributed by atoms with Gasteiger partial charge in [0, 0.05) is 29.8 Å². The lowest BCUT2D eigenvalue weighted by Gasteiger charge is -2.28. The number of hydrogen-bond acceptors (Lipinski definition) is 8. The van der Waals surface area contributed by atoms with Crippen molar-refractivity contribution in [2.75, 3.05) is 13.7 Å². The Balaban J connectivity index is 1.82. The van der Waals surface area contributed by atoms with Crippen molar-refractivity contribution in [3.63, 3.8) is 0 Å². The Labute approximate surface area is 246 Å². The molecule has 1 aromatic heterocycles. The van der Waals surface area contributed by atoms with E-state index in [1.807, 2.05) is 39.0 Å². The van der Waals surface area contributed by atoms with E-state index in [1.165, 1.54) is 4.90 Å². The van der Waals surface area contributed by atoms with Gasteiger partial charge in [-0.2, -0.15) is 0 Å². The lowest BCUT2D eigenvalue weighted by atomic mass is 9.97. The average Bonchev–Trinajstić information content (AvgIpc) is 3.32. The Morgan fingerprint density at radius 3 is 2.48 bits per heavy atom. The van der Waals surface area contributed by atoms with Gasteiger partial charge in [-0.1, -0.05) is 5.92 Å². The largest absolute Gasteiger partial charge is 0.497 e. The maximum Gasteiger partial charge on any atom is 0.408 e. The predicted molar refractivity (Wildman–Crippen MR) is 157 cm³/mol. The first kappa shape index (κ1) is 32.2. The summed E-state index contributed by atoms with van der Waals surface area (Å²) in [7, 11) is 1.58. The number of primary amides is 1. The van der Waals surface area contributed by atoms with Crippen LogP contribution in [0.15, 0.2) is 30.5 Å². The highest BCUT2D eigenvalue weighted by atomic mass is 16.6. The van der Waals surface area contributed by atoms with Crippen molar-refractivity contribution < 1.29 is 33.4 Å². The minimum atomic E-state index is -1.16. The van der Waals surface area contributed by atoms with Crippen molar-refractivity contribution >= 4 is 34.5 Å². The fraction of sp³-hybridized carbons (Fsp3) is 0.516. The molecule has 3 N–H and O–H groups in total. The van der Waals surface area contributed by atoms with E-state index < -0.39 is 41.7 Å². The number of nitrogens with two attached hydrogens (primary N) is 1. The van der Waals surface area contributed by atoms with Crippen LogP contribution >= 0.6 is 0 Å². The first-order valence-electron chi connectivity index (χ1n) is 13.8. The molecule has 3 rings (SSSR count). The summed E-state index contributed by atoms with van der Waals surface area (Å²) in [5.74, 6) is 4.81. The first-order chi connectivity index (χ1) is 19.6. The van der Waals surface area contributed by atoms with Crippen molar-refractivity contribution in [2.45, 2.75) is 84.6 Å². The van der Waals surface area contributed by atoms with Crippen molar-refractivity contribution in [2.24, 2.45) is 11.1 Å². The molecular formula is C31H40N4O7. The third-order valence-corrected chi connectivity index (χ3v) is 6.31. The number of alkyl carbamates (subject to hydrolysis) is 1. The molecule has 0 spiro atoms. The minimum absolute atomic E-state index is 0.0188. The number of likely N-dealkylation sites (tertiary alicyclic amines) is 1. The van der Waals surface area contributed by atoms with Crippen molar-refractivity contribution in [1.29, 1.82) is 0 Å². The highest BCUT2D eigenvalue weighted by Crippen LogP contribution is 2.30. The molecule has 0 bridgehead atoms. The number of nitrogens with one attached hydrogen (secondary N) is 1. The fourth-order valence-electron chi connectivity index (χ4n) is 4.41. The summed E-state index contributed by atoms with van der Waals surface area (Å²) in [5, 5.41) is 4.15. The van der Waals surface area contributed by atoms with Gasteiger partial charge in [-0.25, -0.2) is 9.78 Å². The molecule has 3 atom stereocenters. The van der Waals surface area contributed by atoms with E-state index in [2.05, 4.69) is 22.1 Å². The third-order valence-electron chi connectivity index (χ3n) is 6.31. The van der Waals surface area contributed by atoms with Crippen LogP contribution in [0.3, 0.4) is 0 Å². The Kier molecular flexibility index (Phi) is 10.0. The van der Waals surface area contributed by atoms with Gasteiger partial charge in [-0.3, -0.25) is 14.4 Å². The van der Waals surface area contributed by atoms with E-state index in [1.54, 1.807) is 40.1 Å². The van der Waals surface area contributed by atoms with Crippen LogP contribution in [-0.4, -0.2) is 71.0 Å². The quantitative estimate of drug-likeness (QED) is 0.339. The second-order valence-electron chi connectivity index (χ2n) is 12.2. The zero-order valence-corrected chi connectivity index (χ0v) is 25.3. The molecule has 0 unspecified atom stereocenters. The number of nitrogens with zero attached hydrogens (tertiary/aromatic N) is 2. The zero-order chi connectivity index (χ0) is 31.2. The molecule has 1 saturated heterocycles. The van der Waals surface area contributed by atoms with Crippen LogP contribution in [0, 0.1) is 17.3 Å². The van der Waals surface area contributed by atoms with Gasteiger partial charge in [-0.15, -0.1) is 0 Å². The molecule has 42 heavy (non-hydrogen) atoms. The Morgan fingerprint density at radius 2 is 1.86 bits per heavy atom. The lowest BCUT2D eigenvalue weighted by Crippen LogP contribution is -2.53. The van der Waals surface area contributed by atoms with Crippen molar-refractivity contribution in [3.8, 4) is 23.5 Å². The molecule has 1 aromatic carbocycles. The van der Waals surface area contributed by atoms with E-state index in [0.717, 1.165) is 10.8 Å². The molecule has 1 aliphatic rings. The van der Waals surface area contributed by atoms with Gasteiger partial charge < -0.3 is 30.2 Å². The number of benzene rings is 1. The summed E-state index contributed by atoms with van der Waals surface area (Å²) in [5.41, 5.74) is 4.50. The topological polar surface area (TPSA) is 150 Å². The summed E-state index contributed by atoms with van der Waals surface area (Å²) in [6.45, 7) is 10.7. The lowest BCUT2D eigenvalue weighted by molar-refractivity contribution is -0.139. The number of aromatic nitrogens is 1. The van der Waals surface area contributed by atoms with Crippen molar-refractivity contribution in [1.82, 2.24) is 15.2 Å². The Hall–Kier alpha value is -4.33. The molecule has 2 heterocycles. The van der Waals surface area contributed by atoms with Crippen LogP contribution < -0.4 is 20.5 Å². The maximum absolute atomic E-state index is 13.8. The molecule has 1 fully saturated rings. The summed E-state index contributed by atoms with van der Waals surface area (Å²) in [6.07, 6.45) is 0.162. The van der Waals surface area contributed by atoms with Crippen LogP contribution in [0.2, 0.25) is 0 Å². The number of pyridine rings is 1. The number of hydrogen-bond donors (Lipinski definition) is 2. The van der Waals surface area contributed by atoms with E-state index in [4.69, 9.17) is 19.9 Å². The molecule has 0 radical (unpaired) electrons. The predicted octanol–water partition coefficient (Wildman–Crippen LogP) is 3.37. The number of fused-ring (bicyclic) bond motifs is 1. The van der Waals surface area contributed by atoms with Crippen LogP contribution in [0.5, 0.6) is 11.6 Å². The minimum Gasteiger partial charge on any atom is -0.497 e. The Morgan fingerprint density at radius 1 is 1.14 bits per heavy atom. The van der Waals surface area contributed by atoms with Gasteiger partial charge in [-0.05, 0) is 83.5 Å². The van der Waals surface area contributed by atoms with Crippen LogP contribution in [0.25, 0.3) is 10.8 Å². The molecule has 11 nitrogen and oxygen atoms in total. The van der Waals surface area contributed by atoms with Crippen molar-refractivity contribution in [3.05, 3.63) is 30.5 Å². The summed E-state index contributed by atoms with van der Waals surface area (Å²) < 4.78 is 16.8. The maximum atomic E-state index is 13.8. The number of carbonyl (C=O) groups excluding carboxylic acids is 4. The number of rotatable bonds is 9. The summed E-state index contributed by atoms with van der Waals surface area (Å²) in [4.78, 5) is 57.0. The monoisotopic (exact) mass is 580 g/mol. The summed E-state index contributed by atoms with van der Waals surface area (Å²) >= 11 is 0. The van der Waals surface area contributed by atoms with Gasteiger partial charge in [0.2, 0.25) is 23.5 Å². The highest BCUT2D eigenvalue weighted by Gasteiger charge is 2.42. The molecule has 2 aromatic rings. The number of ether oxygens (including phenoxy) is 3. The van der Waals surface area contributed by atoms with E-state index in [0.29, 0.717) is 11.6 Å². The smallest absolute Gasteiger partial charge is 0.408 e. The van der Waals surface area contributed by atoms with Gasteiger partial charge >= 0.3 is 6.09 Å². The molecule has 0 saturated carbocycles. The third kappa shape index (κ3) is 9.09. The number of ketones is 1. The molecule has 11 heteroatoms. The van der Waals surface area contributed by atoms with E-state index >= 15 is 0 Å². The fourth-order valence-corrected chi connectivity index (χ4v) is 4.41. The average molecular weight is 581 g/mol. The van der Waals surface area contributed by atoms with Gasteiger partial charge in [0.1, 0.15) is 29.5 Å². The number of carbonyl (C=O) groups is 4. The second-order valence-corrected chi connectivity index (χ2v) is 12.2. The van der Waals surface area contributed by atoms with Crippen LogP contribution in [0.4, 0.5) is 4.79 Å². The van der Waals surface area contributed by atoms with Gasteiger partial charge in [0.05, 0.1) is 13.7 Å². The highest BCUT2D eigenvalue weighted by molar-refractivity contribution is 5.96. The zero-order valence-electron chi connectivity index (χ0n) is 25.3. The van der Waals surface area contributed by atoms with Crippen LogP contribution in [0.1, 0.15) is 60.8 Å². The van der Waals surface area contributed by atoms with Crippen LogP contribution in [-0.2, 0) is 19.1 Å². The number of methoxy groups -OCH3 is 1. The first-order valence-corrected chi connectivity index (χ1v) is 13.8. The standard InChI is InChI=1S/C31H40N4O7/c1-30(2,3)14-12-20(36)8-11-24(34-29(39)42-31(4,5)6)28(38)35-18-22(17-25(35)26(32)37)41-27-23-10-9-21(40-7)16-19(23)13-15-33-27/h9-10,13,15-16,22,24-25H,8,11,17-18H2,1-7H3,(H2,32,37)(H,34,39)/t22-,24+,25+/m1/s1. The van der Waals surface area contributed by atoms with Gasteiger partial charge in [0.15, 0.2) is 0 Å². The van der Waals surface area contributed by atoms with E-state index in [9.17, 15) is 19.2 Å². The number of Topliss-reactive ketones (excluding diaryl/α,β-unsaturated/α-hetero) is 1. The molecule has 226 valence electrons. The molecular weight excluding hydrogens is 540 g/mol. The SMILES string of the molecule is COc1ccc2c(O[C@@H]3C[C@@H](C(N)=O)N(C(=O)[C@H](CCC(=O)C#CC(C)(C)C)NC(=O)OC(C)(C)C)C3)nccc2c1. The number of amides is 3. The Bertz CT molecular complexity index is 1400. The molecule has 1 aliphatic heterocycles. The van der Waals surface area contributed by atoms with E-state index in [-0.39, 0.29) is 37.0 Å². The second kappa shape index (κ2) is 13.1. The molecule has 3 amide bonds.